The lowest BCUT2D eigenvalue weighted by molar-refractivity contribution is -0.116. The van der Waals surface area contributed by atoms with Gasteiger partial charge in [-0.15, -0.1) is 10.2 Å². The van der Waals surface area contributed by atoms with E-state index < -0.39 is 22.0 Å². The van der Waals surface area contributed by atoms with E-state index >= 15 is 0 Å². The molecule has 1 heterocycles. The van der Waals surface area contributed by atoms with E-state index in [4.69, 9.17) is 11.6 Å². The van der Waals surface area contributed by atoms with E-state index in [1.54, 1.807) is 18.2 Å². The van der Waals surface area contributed by atoms with Gasteiger partial charge in [0.1, 0.15) is 6.04 Å². The van der Waals surface area contributed by atoms with Crippen LogP contribution in [0.1, 0.15) is 13.8 Å². The molecule has 0 saturated carbocycles. The molecule has 0 saturated heterocycles. The first-order chi connectivity index (χ1) is 11.7. The second-order valence-electron chi connectivity index (χ2n) is 5.01. The third-order valence-corrected chi connectivity index (χ3v) is 6.39. The SMILES string of the molecule is CCSc1nnc(NC(=O)[C@@H](C)N(c2cccc(Cl)c2)S(C)(=O)=O)s1. The van der Waals surface area contributed by atoms with E-state index in [1.807, 2.05) is 6.92 Å². The Kier molecular flexibility index (Phi) is 6.66. The Balaban J connectivity index is 2.23. The number of hydrogen-bond donors (Lipinski definition) is 1. The summed E-state index contributed by atoms with van der Waals surface area (Å²) in [7, 11) is -3.70. The minimum Gasteiger partial charge on any atom is -0.299 e. The number of carbonyl (C=O) groups is 1. The molecule has 0 aliphatic heterocycles. The normalized spacial score (nSPS) is 12.6. The van der Waals surface area contributed by atoms with Crippen molar-refractivity contribution in [1.29, 1.82) is 0 Å². The molecule has 0 aliphatic carbocycles. The van der Waals surface area contributed by atoms with Gasteiger partial charge in [-0.2, -0.15) is 0 Å². The number of rotatable bonds is 7. The summed E-state index contributed by atoms with van der Waals surface area (Å²) >= 11 is 8.70. The van der Waals surface area contributed by atoms with Gasteiger partial charge < -0.3 is 0 Å². The number of aromatic nitrogens is 2. The maximum Gasteiger partial charge on any atom is 0.249 e. The number of benzene rings is 1. The van der Waals surface area contributed by atoms with E-state index in [2.05, 4.69) is 15.5 Å². The molecule has 0 aliphatic rings. The summed E-state index contributed by atoms with van der Waals surface area (Å²) in [5.41, 5.74) is 0.317. The maximum absolute atomic E-state index is 12.5. The second-order valence-corrected chi connectivity index (χ2v) is 9.79. The van der Waals surface area contributed by atoms with Crippen molar-refractivity contribution in [1.82, 2.24) is 10.2 Å². The summed E-state index contributed by atoms with van der Waals surface area (Å²) in [6.45, 7) is 3.49. The lowest BCUT2D eigenvalue weighted by Crippen LogP contribution is -2.45. The lowest BCUT2D eigenvalue weighted by Gasteiger charge is -2.27. The Hall–Kier alpha value is -1.36. The molecule has 1 atom stereocenters. The molecule has 0 bridgehead atoms. The first kappa shape index (κ1) is 20.0. The molecule has 25 heavy (non-hydrogen) atoms. The van der Waals surface area contributed by atoms with E-state index in [0.717, 1.165) is 20.7 Å². The van der Waals surface area contributed by atoms with Gasteiger partial charge in [0, 0.05) is 5.02 Å². The monoisotopic (exact) mass is 420 g/mol. The molecule has 2 aromatic rings. The van der Waals surface area contributed by atoms with Gasteiger partial charge in [-0.25, -0.2) is 8.42 Å². The lowest BCUT2D eigenvalue weighted by atomic mass is 10.2. The average molecular weight is 421 g/mol. The molecule has 7 nitrogen and oxygen atoms in total. The summed E-state index contributed by atoms with van der Waals surface area (Å²) in [5.74, 6) is 0.338. The molecule has 1 amide bonds. The first-order valence-electron chi connectivity index (χ1n) is 7.24. The van der Waals surface area contributed by atoms with Crippen molar-refractivity contribution in [2.24, 2.45) is 0 Å². The van der Waals surface area contributed by atoms with Crippen molar-refractivity contribution < 1.29 is 13.2 Å². The van der Waals surface area contributed by atoms with Crippen LogP contribution in [0.4, 0.5) is 10.8 Å². The molecule has 0 fully saturated rings. The van der Waals surface area contributed by atoms with Crippen LogP contribution in [-0.4, -0.2) is 42.6 Å². The number of nitrogens with zero attached hydrogens (tertiary/aromatic N) is 3. The number of thioether (sulfide) groups is 1. The van der Waals surface area contributed by atoms with E-state index in [9.17, 15) is 13.2 Å². The third kappa shape index (κ3) is 5.30. The zero-order valence-electron chi connectivity index (χ0n) is 13.8. The third-order valence-electron chi connectivity index (χ3n) is 3.06. The summed E-state index contributed by atoms with van der Waals surface area (Å²) in [6.07, 6.45) is 1.04. The van der Waals surface area contributed by atoms with Gasteiger partial charge in [0.25, 0.3) is 0 Å². The van der Waals surface area contributed by atoms with Gasteiger partial charge in [-0.05, 0) is 30.9 Å². The molecule has 0 radical (unpaired) electrons. The molecule has 2 rings (SSSR count). The smallest absolute Gasteiger partial charge is 0.249 e. The summed E-state index contributed by atoms with van der Waals surface area (Å²) < 4.78 is 26.2. The molecular formula is C14H17ClN4O3S3. The van der Waals surface area contributed by atoms with Crippen molar-refractivity contribution in [2.45, 2.75) is 24.2 Å². The highest BCUT2D eigenvalue weighted by atomic mass is 35.5. The topological polar surface area (TPSA) is 92.3 Å². The van der Waals surface area contributed by atoms with Crippen molar-refractivity contribution in [3.8, 4) is 0 Å². The Morgan fingerprint density at radius 3 is 2.76 bits per heavy atom. The molecular weight excluding hydrogens is 404 g/mol. The number of halogens is 1. The molecule has 0 unspecified atom stereocenters. The van der Waals surface area contributed by atoms with Crippen LogP contribution in [0.5, 0.6) is 0 Å². The molecule has 1 aromatic heterocycles. The highest BCUT2D eigenvalue weighted by Gasteiger charge is 2.29. The van der Waals surface area contributed by atoms with Gasteiger partial charge in [-0.3, -0.25) is 14.4 Å². The van der Waals surface area contributed by atoms with Gasteiger partial charge in [0.2, 0.25) is 21.1 Å². The second kappa shape index (κ2) is 8.35. The average Bonchev–Trinajstić information content (AvgIpc) is 2.93. The van der Waals surface area contributed by atoms with Crippen LogP contribution in [0.2, 0.25) is 5.02 Å². The number of sulfonamides is 1. The van der Waals surface area contributed by atoms with Gasteiger partial charge in [0.15, 0.2) is 4.34 Å². The minimum absolute atomic E-state index is 0.317. The molecule has 1 N–H and O–H groups in total. The fourth-order valence-electron chi connectivity index (χ4n) is 2.07. The number of hydrogen-bond acceptors (Lipinski definition) is 7. The minimum atomic E-state index is -3.70. The number of anilines is 2. The predicted molar refractivity (Wildman–Crippen MR) is 103 cm³/mol. The van der Waals surface area contributed by atoms with Crippen molar-refractivity contribution in [3.05, 3.63) is 29.3 Å². The summed E-state index contributed by atoms with van der Waals surface area (Å²) in [5, 5.41) is 11.2. The van der Waals surface area contributed by atoms with E-state index in [-0.39, 0.29) is 0 Å². The van der Waals surface area contributed by atoms with Crippen molar-refractivity contribution in [3.63, 3.8) is 0 Å². The van der Waals surface area contributed by atoms with Crippen molar-refractivity contribution >= 4 is 61.4 Å². The number of nitrogens with one attached hydrogen (secondary N) is 1. The zero-order chi connectivity index (χ0) is 18.6. The standard InChI is InChI=1S/C14H17ClN4O3S3/c1-4-23-14-18-17-13(24-14)16-12(20)9(2)19(25(3,21)22)11-7-5-6-10(15)8-11/h5-9H,4H2,1-3H3,(H,16,17,20)/t9-/m1/s1. The van der Waals surface area contributed by atoms with E-state index in [1.165, 1.54) is 36.1 Å². The Morgan fingerprint density at radius 2 is 2.16 bits per heavy atom. The number of carbonyl (C=O) groups excluding carboxylic acids is 1. The quantitative estimate of drug-likeness (QED) is 0.546. The fraction of sp³-hybridized carbons (Fsp3) is 0.357. The van der Waals surface area contributed by atoms with Gasteiger partial charge >= 0.3 is 0 Å². The number of amides is 1. The van der Waals surface area contributed by atoms with Crippen LogP contribution in [0.25, 0.3) is 0 Å². The van der Waals surface area contributed by atoms with Crippen LogP contribution in [0.15, 0.2) is 28.6 Å². The predicted octanol–water partition coefficient (Wildman–Crippen LogP) is 3.10. The van der Waals surface area contributed by atoms with Crippen LogP contribution < -0.4 is 9.62 Å². The summed E-state index contributed by atoms with van der Waals surface area (Å²) in [4.78, 5) is 12.5. The van der Waals surface area contributed by atoms with Crippen LogP contribution in [0.3, 0.4) is 0 Å². The molecule has 136 valence electrons. The van der Waals surface area contributed by atoms with Crippen molar-refractivity contribution in [2.75, 3.05) is 21.6 Å². The first-order valence-corrected chi connectivity index (χ1v) is 11.3. The highest BCUT2D eigenvalue weighted by Crippen LogP contribution is 2.27. The van der Waals surface area contributed by atoms with Crippen LogP contribution in [-0.2, 0) is 14.8 Å². The Morgan fingerprint density at radius 1 is 1.44 bits per heavy atom. The Labute approximate surface area is 159 Å². The molecule has 0 spiro atoms. The van der Waals surface area contributed by atoms with Gasteiger partial charge in [-0.1, -0.05) is 47.7 Å². The Bertz CT molecular complexity index is 857. The highest BCUT2D eigenvalue weighted by molar-refractivity contribution is 8.01. The molecule has 11 heteroatoms. The largest absolute Gasteiger partial charge is 0.299 e. The van der Waals surface area contributed by atoms with E-state index in [0.29, 0.717) is 15.8 Å². The summed E-state index contributed by atoms with van der Waals surface area (Å²) in [6, 6.07) is 5.34. The molecule has 1 aromatic carbocycles. The van der Waals surface area contributed by atoms with Crippen LogP contribution >= 0.6 is 34.7 Å². The maximum atomic E-state index is 12.5. The van der Waals surface area contributed by atoms with Crippen LogP contribution in [0, 0.1) is 0 Å². The van der Waals surface area contributed by atoms with Gasteiger partial charge in [0.05, 0.1) is 11.9 Å². The zero-order valence-corrected chi connectivity index (χ0v) is 17.0. The fourth-order valence-corrected chi connectivity index (χ4v) is 5.08.